The van der Waals surface area contributed by atoms with E-state index in [0.717, 1.165) is 31.9 Å². The summed E-state index contributed by atoms with van der Waals surface area (Å²) >= 11 is 0. The van der Waals surface area contributed by atoms with E-state index >= 15 is 0 Å². The molecule has 3 atom stereocenters. The Morgan fingerprint density at radius 3 is 2.47 bits per heavy atom. The summed E-state index contributed by atoms with van der Waals surface area (Å²) < 4.78 is 65.9. The number of nitrogens with zero attached hydrogens (tertiary/aromatic N) is 3. The molecule has 3 aliphatic rings. The maximum absolute atomic E-state index is 13.7. The molecule has 0 bridgehead atoms. The lowest BCUT2D eigenvalue weighted by molar-refractivity contribution is -0.139. The Hall–Kier alpha value is -2.09. The van der Waals surface area contributed by atoms with Gasteiger partial charge in [0.15, 0.2) is 0 Å². The normalized spacial score (nSPS) is 29.9. The Bertz CT molecular complexity index is 1130. The van der Waals surface area contributed by atoms with Crippen LogP contribution >= 0.6 is 0 Å². The van der Waals surface area contributed by atoms with Crippen molar-refractivity contribution in [1.82, 2.24) is 31.3 Å². The van der Waals surface area contributed by atoms with E-state index in [2.05, 4.69) is 31.3 Å². The standard InChI is InChI=1S/C21H28F3N7O2S/c22-21(23,24)15-6-5-13(18(19(15)34(25,32)33)20-28-30-31-29-20)11-1-3-12(4-2-11)27-17-8-7-16-14(17)9-10-26-16/h5-6,11-12,14,16-17,26-27H,1-4,7-10H2,(H2,25,32,33)(H,28,29,30,31). The van der Waals surface area contributed by atoms with Crippen LogP contribution in [0.3, 0.4) is 0 Å². The maximum Gasteiger partial charge on any atom is 0.417 e. The van der Waals surface area contributed by atoms with Gasteiger partial charge in [0.25, 0.3) is 0 Å². The SMILES string of the molecule is NS(=O)(=O)c1c(C(F)(F)F)ccc(C2CCC(NC3CCC4NCCC43)CC2)c1-c1nn[nH]n1. The minimum Gasteiger partial charge on any atom is -0.314 e. The van der Waals surface area contributed by atoms with Crippen molar-refractivity contribution < 1.29 is 21.6 Å². The minimum atomic E-state index is -4.91. The number of nitrogens with one attached hydrogen (secondary N) is 3. The van der Waals surface area contributed by atoms with E-state index in [1.807, 2.05) is 0 Å². The molecule has 0 radical (unpaired) electrons. The fourth-order valence-corrected chi connectivity index (χ4v) is 7.18. The highest BCUT2D eigenvalue weighted by molar-refractivity contribution is 7.89. The molecule has 2 heterocycles. The van der Waals surface area contributed by atoms with Gasteiger partial charge < -0.3 is 10.6 Å². The van der Waals surface area contributed by atoms with Crippen LogP contribution in [0.1, 0.15) is 62.0 Å². The van der Waals surface area contributed by atoms with Crippen LogP contribution in [-0.2, 0) is 16.2 Å². The molecule has 1 aromatic heterocycles. The second-order valence-electron chi connectivity index (χ2n) is 9.60. The topological polar surface area (TPSA) is 139 Å². The van der Waals surface area contributed by atoms with E-state index in [-0.39, 0.29) is 17.3 Å². The van der Waals surface area contributed by atoms with Crippen LogP contribution in [0.2, 0.25) is 0 Å². The molecule has 186 valence electrons. The third-order valence-electron chi connectivity index (χ3n) is 7.67. The molecule has 2 aliphatic carbocycles. The number of halogens is 3. The van der Waals surface area contributed by atoms with Gasteiger partial charge in [0, 0.05) is 23.7 Å². The maximum atomic E-state index is 13.7. The van der Waals surface area contributed by atoms with Crippen LogP contribution in [-0.4, -0.2) is 53.7 Å². The van der Waals surface area contributed by atoms with Crippen molar-refractivity contribution >= 4 is 10.0 Å². The number of sulfonamides is 1. The molecule has 1 aliphatic heterocycles. The monoisotopic (exact) mass is 499 g/mol. The zero-order valence-electron chi connectivity index (χ0n) is 18.5. The van der Waals surface area contributed by atoms with Crippen LogP contribution in [0.5, 0.6) is 0 Å². The molecule has 9 nitrogen and oxygen atoms in total. The quantitative estimate of drug-likeness (QED) is 0.495. The number of hydrogen-bond acceptors (Lipinski definition) is 7. The predicted octanol–water partition coefficient (Wildman–Crippen LogP) is 2.29. The number of rotatable bonds is 5. The Morgan fingerprint density at radius 1 is 1.06 bits per heavy atom. The fraction of sp³-hybridized carbons (Fsp3) is 0.667. The molecule has 1 aromatic carbocycles. The van der Waals surface area contributed by atoms with Crippen LogP contribution in [0.4, 0.5) is 13.2 Å². The van der Waals surface area contributed by atoms with Gasteiger partial charge in [0.2, 0.25) is 15.8 Å². The number of alkyl halides is 3. The summed E-state index contributed by atoms with van der Waals surface area (Å²) in [4.78, 5) is -0.995. The zero-order valence-corrected chi connectivity index (χ0v) is 19.3. The average molecular weight is 500 g/mol. The van der Waals surface area contributed by atoms with Gasteiger partial charge >= 0.3 is 6.18 Å². The number of aromatic nitrogens is 4. The molecule has 0 spiro atoms. The third kappa shape index (κ3) is 4.45. The Kier molecular flexibility index (Phi) is 6.15. The molecule has 13 heteroatoms. The smallest absolute Gasteiger partial charge is 0.314 e. The minimum absolute atomic E-state index is 0.140. The van der Waals surface area contributed by atoms with Crippen LogP contribution in [0.25, 0.3) is 11.4 Å². The number of fused-ring (bicyclic) bond motifs is 1. The molecular formula is C21H28F3N7O2S. The number of tetrazole rings is 1. The molecule has 1 saturated heterocycles. The predicted molar refractivity (Wildman–Crippen MR) is 117 cm³/mol. The Balaban J connectivity index is 1.42. The highest BCUT2D eigenvalue weighted by Gasteiger charge is 2.42. The summed E-state index contributed by atoms with van der Waals surface area (Å²) in [5, 5.41) is 25.9. The second kappa shape index (κ2) is 8.85. The van der Waals surface area contributed by atoms with Gasteiger partial charge in [0.1, 0.15) is 4.90 Å². The molecule has 0 amide bonds. The highest BCUT2D eigenvalue weighted by atomic mass is 32.2. The van der Waals surface area contributed by atoms with Gasteiger partial charge in [0.05, 0.1) is 5.56 Å². The molecule has 3 unspecified atom stereocenters. The first-order valence-electron chi connectivity index (χ1n) is 11.6. The number of H-pyrrole nitrogens is 1. The van der Waals surface area contributed by atoms with Crippen molar-refractivity contribution in [2.75, 3.05) is 6.54 Å². The van der Waals surface area contributed by atoms with E-state index in [1.165, 1.54) is 18.9 Å². The molecule has 34 heavy (non-hydrogen) atoms. The fourth-order valence-electron chi connectivity index (χ4n) is 6.19. The molecule has 3 fully saturated rings. The van der Waals surface area contributed by atoms with Crippen LogP contribution in [0.15, 0.2) is 17.0 Å². The first kappa shape index (κ1) is 23.6. The first-order chi connectivity index (χ1) is 16.1. The van der Waals surface area contributed by atoms with Crippen molar-refractivity contribution in [1.29, 1.82) is 0 Å². The van der Waals surface area contributed by atoms with Crippen molar-refractivity contribution in [2.45, 2.75) is 80.1 Å². The first-order valence-corrected chi connectivity index (χ1v) is 13.2. The van der Waals surface area contributed by atoms with Crippen LogP contribution < -0.4 is 15.8 Å². The van der Waals surface area contributed by atoms with Gasteiger partial charge in [-0.3, -0.25) is 0 Å². The highest BCUT2D eigenvalue weighted by Crippen LogP contribution is 2.45. The van der Waals surface area contributed by atoms with Crippen molar-refractivity contribution in [3.05, 3.63) is 23.3 Å². The van der Waals surface area contributed by atoms with Gasteiger partial charge in [-0.1, -0.05) is 6.07 Å². The number of benzene rings is 1. The Labute approximate surface area is 195 Å². The van der Waals surface area contributed by atoms with Crippen LogP contribution in [0, 0.1) is 5.92 Å². The van der Waals surface area contributed by atoms with E-state index < -0.39 is 26.7 Å². The summed E-state index contributed by atoms with van der Waals surface area (Å²) in [7, 11) is -4.73. The number of nitrogens with two attached hydrogens (primary N) is 1. The summed E-state index contributed by atoms with van der Waals surface area (Å²) in [6.07, 6.45) is 1.73. The van der Waals surface area contributed by atoms with E-state index in [1.54, 1.807) is 0 Å². The molecule has 2 aromatic rings. The second-order valence-corrected chi connectivity index (χ2v) is 11.1. The lowest BCUT2D eigenvalue weighted by atomic mass is 9.79. The molecular weight excluding hydrogens is 471 g/mol. The number of aromatic amines is 1. The number of primary sulfonamides is 1. The van der Waals surface area contributed by atoms with Crippen molar-refractivity contribution in [3.8, 4) is 11.4 Å². The average Bonchev–Trinajstić information content (AvgIpc) is 3.52. The molecule has 5 N–H and O–H groups in total. The van der Waals surface area contributed by atoms with Crippen molar-refractivity contribution in [2.24, 2.45) is 11.1 Å². The molecule has 5 rings (SSSR count). The van der Waals surface area contributed by atoms with E-state index in [0.29, 0.717) is 42.4 Å². The lowest BCUT2D eigenvalue weighted by Crippen LogP contribution is -2.43. The van der Waals surface area contributed by atoms with Gasteiger partial charge in [-0.25, -0.2) is 13.6 Å². The Morgan fingerprint density at radius 2 is 1.82 bits per heavy atom. The summed E-state index contributed by atoms with van der Waals surface area (Å²) in [6, 6.07) is 3.58. The largest absolute Gasteiger partial charge is 0.417 e. The zero-order chi connectivity index (χ0) is 24.1. The van der Waals surface area contributed by atoms with Gasteiger partial charge in [-0.05, 0) is 80.2 Å². The summed E-state index contributed by atoms with van der Waals surface area (Å²) in [5.41, 5.74) is -1.08. The molecule has 2 saturated carbocycles. The van der Waals surface area contributed by atoms with E-state index in [4.69, 9.17) is 5.14 Å². The third-order valence-corrected chi connectivity index (χ3v) is 8.67. The summed E-state index contributed by atoms with van der Waals surface area (Å²) in [5.74, 6) is 0.310. The van der Waals surface area contributed by atoms with Gasteiger partial charge in [-0.2, -0.15) is 18.4 Å². The lowest BCUT2D eigenvalue weighted by Gasteiger charge is -2.34. The summed E-state index contributed by atoms with van der Waals surface area (Å²) in [6.45, 7) is 1.07. The van der Waals surface area contributed by atoms with Crippen molar-refractivity contribution in [3.63, 3.8) is 0 Å². The van der Waals surface area contributed by atoms with Gasteiger partial charge in [-0.15, -0.1) is 10.2 Å². The van der Waals surface area contributed by atoms with E-state index in [9.17, 15) is 21.6 Å². The number of hydrogen-bond donors (Lipinski definition) is 4.